The van der Waals surface area contributed by atoms with Crippen molar-refractivity contribution >= 4 is 0 Å². The van der Waals surface area contributed by atoms with Crippen molar-refractivity contribution in [3.05, 3.63) is 17.5 Å². The third-order valence-corrected chi connectivity index (χ3v) is 2.60. The molecule has 0 spiro atoms. The highest BCUT2D eigenvalue weighted by molar-refractivity contribution is 5.20. The molecule has 1 rings (SSSR count). The third-order valence-electron chi connectivity index (χ3n) is 2.60. The van der Waals surface area contributed by atoms with Gasteiger partial charge in [-0.1, -0.05) is 13.8 Å². The predicted octanol–water partition coefficient (Wildman–Crippen LogP) is 2.97. The van der Waals surface area contributed by atoms with E-state index in [0.717, 1.165) is 17.7 Å². The van der Waals surface area contributed by atoms with Gasteiger partial charge in [-0.3, -0.25) is 4.68 Å². The topological polar surface area (TPSA) is 17.8 Å². The van der Waals surface area contributed by atoms with Crippen LogP contribution in [0.2, 0.25) is 0 Å². The Morgan fingerprint density at radius 2 is 2.14 bits per heavy atom. The largest absolute Gasteiger partial charge is 0.264 e. The fourth-order valence-electron chi connectivity index (χ4n) is 1.48. The zero-order chi connectivity index (χ0) is 10.7. The summed E-state index contributed by atoms with van der Waals surface area (Å²) in [6, 6.07) is 0. The summed E-state index contributed by atoms with van der Waals surface area (Å²) in [4.78, 5) is 0. The van der Waals surface area contributed by atoms with Crippen molar-refractivity contribution in [2.24, 2.45) is 0 Å². The van der Waals surface area contributed by atoms with Crippen LogP contribution in [0.4, 0.5) is 8.78 Å². The minimum absolute atomic E-state index is 0.303. The van der Waals surface area contributed by atoms with E-state index in [-0.39, 0.29) is 6.54 Å². The van der Waals surface area contributed by atoms with Gasteiger partial charge in [-0.2, -0.15) is 5.10 Å². The lowest BCUT2D eigenvalue weighted by atomic mass is 10.00. The first-order valence-corrected chi connectivity index (χ1v) is 4.86. The van der Waals surface area contributed by atoms with E-state index in [2.05, 4.69) is 18.9 Å². The molecule has 2 nitrogen and oxygen atoms in total. The molecule has 14 heavy (non-hydrogen) atoms. The van der Waals surface area contributed by atoms with Crippen molar-refractivity contribution in [1.82, 2.24) is 9.78 Å². The van der Waals surface area contributed by atoms with Crippen LogP contribution in [0.5, 0.6) is 0 Å². The molecule has 0 aromatic carbocycles. The van der Waals surface area contributed by atoms with Gasteiger partial charge >= 0.3 is 0 Å². The van der Waals surface area contributed by atoms with Crippen LogP contribution in [0.1, 0.15) is 37.4 Å². The van der Waals surface area contributed by atoms with Crippen LogP contribution < -0.4 is 0 Å². The van der Waals surface area contributed by atoms with E-state index in [1.54, 1.807) is 6.20 Å². The summed E-state index contributed by atoms with van der Waals surface area (Å²) in [5.41, 5.74) is 1.94. The predicted molar refractivity (Wildman–Crippen MR) is 51.7 cm³/mol. The SMILES string of the molecule is CCC(C)c1cnn(CC(F)F)c1C. The number of rotatable bonds is 4. The lowest BCUT2D eigenvalue weighted by molar-refractivity contribution is 0.121. The summed E-state index contributed by atoms with van der Waals surface area (Å²) in [6.45, 7) is 5.70. The Hall–Kier alpha value is -0.930. The monoisotopic (exact) mass is 202 g/mol. The molecule has 0 bridgehead atoms. The average Bonchev–Trinajstić information content (AvgIpc) is 2.46. The summed E-state index contributed by atoms with van der Waals surface area (Å²) in [6.07, 6.45) is 0.367. The summed E-state index contributed by atoms with van der Waals surface area (Å²) in [5, 5.41) is 3.96. The van der Waals surface area contributed by atoms with Gasteiger partial charge in [0.1, 0.15) is 6.54 Å². The number of halogens is 2. The van der Waals surface area contributed by atoms with E-state index in [9.17, 15) is 8.78 Å². The van der Waals surface area contributed by atoms with E-state index in [1.165, 1.54) is 4.68 Å². The smallest absolute Gasteiger partial charge is 0.257 e. The zero-order valence-electron chi connectivity index (χ0n) is 8.80. The van der Waals surface area contributed by atoms with E-state index < -0.39 is 6.43 Å². The van der Waals surface area contributed by atoms with Crippen LogP contribution in [0.3, 0.4) is 0 Å². The molecule has 0 radical (unpaired) electrons. The van der Waals surface area contributed by atoms with Gasteiger partial charge in [-0.15, -0.1) is 0 Å². The Labute approximate surface area is 82.9 Å². The number of nitrogens with zero attached hydrogens (tertiary/aromatic N) is 2. The van der Waals surface area contributed by atoms with Crippen molar-refractivity contribution in [2.45, 2.75) is 46.1 Å². The van der Waals surface area contributed by atoms with Gasteiger partial charge in [0, 0.05) is 5.69 Å². The highest BCUT2D eigenvalue weighted by atomic mass is 19.3. The second kappa shape index (κ2) is 4.53. The molecule has 1 aromatic rings. The van der Waals surface area contributed by atoms with Gasteiger partial charge in [0.15, 0.2) is 0 Å². The number of aromatic nitrogens is 2. The maximum atomic E-state index is 12.1. The molecule has 0 saturated carbocycles. The van der Waals surface area contributed by atoms with Gasteiger partial charge in [0.25, 0.3) is 6.43 Å². The molecule has 1 heterocycles. The highest BCUT2D eigenvalue weighted by Crippen LogP contribution is 2.22. The van der Waals surface area contributed by atoms with Crippen LogP contribution in [0, 0.1) is 6.92 Å². The van der Waals surface area contributed by atoms with Gasteiger partial charge in [0.2, 0.25) is 0 Å². The van der Waals surface area contributed by atoms with Crippen LogP contribution in [0.15, 0.2) is 6.20 Å². The van der Waals surface area contributed by atoms with E-state index in [4.69, 9.17) is 0 Å². The van der Waals surface area contributed by atoms with Crippen molar-refractivity contribution in [2.75, 3.05) is 0 Å². The molecule has 0 amide bonds. The maximum absolute atomic E-state index is 12.1. The van der Waals surface area contributed by atoms with Crippen molar-refractivity contribution < 1.29 is 8.78 Å². The first kappa shape index (κ1) is 11.1. The van der Waals surface area contributed by atoms with Crippen molar-refractivity contribution in [3.63, 3.8) is 0 Å². The molecule has 0 saturated heterocycles. The van der Waals surface area contributed by atoms with Crippen LogP contribution in [-0.2, 0) is 6.54 Å². The molecule has 4 heteroatoms. The number of alkyl halides is 2. The Morgan fingerprint density at radius 1 is 1.50 bits per heavy atom. The standard InChI is InChI=1S/C10H16F2N2/c1-4-7(2)9-5-13-14(8(9)3)6-10(11)12/h5,7,10H,4,6H2,1-3H3. The molecule has 0 aliphatic rings. The van der Waals surface area contributed by atoms with Gasteiger partial charge in [0.05, 0.1) is 6.20 Å². The Kier molecular flexibility index (Phi) is 3.61. The molecule has 0 aliphatic carbocycles. The second-order valence-electron chi connectivity index (χ2n) is 3.57. The number of hydrogen-bond acceptors (Lipinski definition) is 1. The Bertz CT molecular complexity index is 294. The lowest BCUT2D eigenvalue weighted by Gasteiger charge is -2.08. The minimum Gasteiger partial charge on any atom is -0.264 e. The van der Waals surface area contributed by atoms with Gasteiger partial charge in [-0.25, -0.2) is 8.78 Å². The van der Waals surface area contributed by atoms with Crippen molar-refractivity contribution in [3.8, 4) is 0 Å². The normalized spacial score (nSPS) is 13.6. The number of hydrogen-bond donors (Lipinski definition) is 0. The summed E-state index contributed by atoms with van der Waals surface area (Å²) < 4.78 is 25.6. The van der Waals surface area contributed by atoms with Crippen LogP contribution in [-0.4, -0.2) is 16.2 Å². The summed E-state index contributed by atoms with van der Waals surface area (Å²) in [7, 11) is 0. The molecule has 1 unspecified atom stereocenters. The fourth-order valence-corrected chi connectivity index (χ4v) is 1.48. The molecular weight excluding hydrogens is 186 g/mol. The van der Waals surface area contributed by atoms with Gasteiger partial charge < -0.3 is 0 Å². The van der Waals surface area contributed by atoms with E-state index in [0.29, 0.717) is 5.92 Å². The summed E-state index contributed by atoms with van der Waals surface area (Å²) in [5.74, 6) is 0.390. The molecule has 1 atom stereocenters. The van der Waals surface area contributed by atoms with Crippen LogP contribution >= 0.6 is 0 Å². The zero-order valence-corrected chi connectivity index (χ0v) is 8.80. The summed E-state index contributed by atoms with van der Waals surface area (Å²) >= 11 is 0. The molecule has 0 fully saturated rings. The van der Waals surface area contributed by atoms with Crippen molar-refractivity contribution in [1.29, 1.82) is 0 Å². The average molecular weight is 202 g/mol. The first-order valence-electron chi connectivity index (χ1n) is 4.86. The fraction of sp³-hybridized carbons (Fsp3) is 0.700. The third kappa shape index (κ3) is 2.30. The quantitative estimate of drug-likeness (QED) is 0.734. The lowest BCUT2D eigenvalue weighted by Crippen LogP contribution is -2.10. The molecule has 0 aliphatic heterocycles. The molecule has 0 N–H and O–H groups in total. The molecule has 1 aromatic heterocycles. The van der Waals surface area contributed by atoms with Crippen LogP contribution in [0.25, 0.3) is 0 Å². The minimum atomic E-state index is -2.33. The first-order chi connectivity index (χ1) is 6.56. The maximum Gasteiger partial charge on any atom is 0.257 e. The van der Waals surface area contributed by atoms with Gasteiger partial charge in [-0.05, 0) is 24.8 Å². The highest BCUT2D eigenvalue weighted by Gasteiger charge is 2.13. The molecular formula is C10H16F2N2. The second-order valence-corrected chi connectivity index (χ2v) is 3.57. The Morgan fingerprint density at radius 3 is 2.64 bits per heavy atom. The van der Waals surface area contributed by atoms with E-state index >= 15 is 0 Å². The van der Waals surface area contributed by atoms with E-state index in [1.807, 2.05) is 6.92 Å². The molecule has 80 valence electrons. The Balaban J connectivity index is 2.85.